The fourth-order valence-electron chi connectivity index (χ4n) is 4.16. The average Bonchev–Trinajstić information content (AvgIpc) is 2.72. The van der Waals surface area contributed by atoms with E-state index < -0.39 is 9.84 Å². The van der Waals surface area contributed by atoms with Gasteiger partial charge in [0.1, 0.15) is 0 Å². The SMILES string of the molecule is Cl.NCC1CCCCC1NC(=O)c1ccc2c(c1)S(=O)(=O)c1ccccc1C2=O. The molecular weight excluding hydrogens is 412 g/mol. The molecule has 2 unspecified atom stereocenters. The first-order chi connectivity index (χ1) is 13.4. The van der Waals surface area contributed by atoms with Gasteiger partial charge in [-0.25, -0.2) is 8.42 Å². The molecule has 2 atom stereocenters. The Bertz CT molecular complexity index is 1070. The Morgan fingerprint density at radius 3 is 2.48 bits per heavy atom. The molecule has 1 fully saturated rings. The molecule has 1 aliphatic heterocycles. The minimum atomic E-state index is -3.86. The number of hydrogen-bond donors (Lipinski definition) is 2. The molecule has 1 saturated carbocycles. The predicted octanol–water partition coefficient (Wildman–Crippen LogP) is 2.73. The molecule has 1 heterocycles. The Balaban J connectivity index is 0.00000240. The third kappa shape index (κ3) is 3.70. The van der Waals surface area contributed by atoms with Crippen LogP contribution in [-0.2, 0) is 9.84 Å². The zero-order valence-corrected chi connectivity index (χ0v) is 17.4. The van der Waals surface area contributed by atoms with Crippen molar-refractivity contribution >= 4 is 33.9 Å². The van der Waals surface area contributed by atoms with Crippen LogP contribution in [0.1, 0.15) is 52.0 Å². The molecule has 2 aromatic carbocycles. The molecule has 2 aromatic rings. The van der Waals surface area contributed by atoms with Crippen LogP contribution in [-0.4, -0.2) is 32.7 Å². The number of nitrogens with one attached hydrogen (secondary N) is 1. The van der Waals surface area contributed by atoms with Crippen LogP contribution < -0.4 is 11.1 Å². The fourth-order valence-corrected chi connectivity index (χ4v) is 5.83. The maximum Gasteiger partial charge on any atom is 0.251 e. The summed E-state index contributed by atoms with van der Waals surface area (Å²) in [7, 11) is -3.86. The summed E-state index contributed by atoms with van der Waals surface area (Å²) in [5, 5.41) is 3.00. The summed E-state index contributed by atoms with van der Waals surface area (Å²) in [6.45, 7) is 0.509. The normalized spacial score (nSPS) is 22.0. The summed E-state index contributed by atoms with van der Waals surface area (Å²) in [6, 6.07) is 10.4. The Hall–Kier alpha value is -2.22. The van der Waals surface area contributed by atoms with Gasteiger partial charge in [-0.2, -0.15) is 0 Å². The number of amides is 1. The standard InChI is InChI=1S/C21H22N2O4S.ClH/c22-12-14-5-1-3-7-17(14)23-21(25)13-9-10-16-19(11-13)28(26,27)18-8-4-2-6-15(18)20(16)24;/h2,4,6,8-11,14,17H,1,3,5,7,12,22H2,(H,23,25);1H. The molecule has 1 amide bonds. The molecule has 1 aliphatic carbocycles. The van der Waals surface area contributed by atoms with Gasteiger partial charge in [0.2, 0.25) is 9.84 Å². The number of carbonyl (C=O) groups excluding carboxylic acids is 2. The molecule has 29 heavy (non-hydrogen) atoms. The van der Waals surface area contributed by atoms with Crippen LogP contribution in [0.25, 0.3) is 0 Å². The van der Waals surface area contributed by atoms with Gasteiger partial charge in [0.15, 0.2) is 5.78 Å². The third-order valence-electron chi connectivity index (χ3n) is 5.73. The van der Waals surface area contributed by atoms with Gasteiger partial charge in [-0.3, -0.25) is 9.59 Å². The van der Waals surface area contributed by atoms with Crippen molar-refractivity contribution in [2.45, 2.75) is 41.5 Å². The Morgan fingerprint density at radius 2 is 1.72 bits per heavy atom. The molecule has 4 rings (SSSR count). The molecule has 2 aliphatic rings. The number of hydrogen-bond acceptors (Lipinski definition) is 5. The van der Waals surface area contributed by atoms with Gasteiger partial charge in [0, 0.05) is 22.7 Å². The molecular formula is C21H23ClN2O4S. The zero-order valence-electron chi connectivity index (χ0n) is 15.8. The van der Waals surface area contributed by atoms with Crippen molar-refractivity contribution in [2.24, 2.45) is 11.7 Å². The van der Waals surface area contributed by atoms with Gasteiger partial charge in [0.25, 0.3) is 5.91 Å². The van der Waals surface area contributed by atoms with Gasteiger partial charge in [-0.1, -0.05) is 25.0 Å². The monoisotopic (exact) mass is 434 g/mol. The van der Waals surface area contributed by atoms with E-state index in [0.717, 1.165) is 25.7 Å². The highest BCUT2D eigenvalue weighted by Gasteiger charge is 2.35. The Labute approximate surface area is 176 Å². The highest BCUT2D eigenvalue weighted by atomic mass is 35.5. The van der Waals surface area contributed by atoms with E-state index in [9.17, 15) is 18.0 Å². The quantitative estimate of drug-likeness (QED) is 0.659. The summed E-state index contributed by atoms with van der Waals surface area (Å²) in [6.07, 6.45) is 3.98. The van der Waals surface area contributed by atoms with Gasteiger partial charge in [-0.05, 0) is 55.6 Å². The van der Waals surface area contributed by atoms with E-state index in [1.54, 1.807) is 12.1 Å². The lowest BCUT2D eigenvalue weighted by Crippen LogP contribution is -2.44. The van der Waals surface area contributed by atoms with Crippen LogP contribution in [0.2, 0.25) is 0 Å². The third-order valence-corrected chi connectivity index (χ3v) is 7.58. The van der Waals surface area contributed by atoms with Crippen LogP contribution in [0.15, 0.2) is 52.3 Å². The number of halogens is 1. The number of carbonyl (C=O) groups is 2. The van der Waals surface area contributed by atoms with Crippen molar-refractivity contribution in [1.82, 2.24) is 5.32 Å². The summed E-state index contributed by atoms with van der Waals surface area (Å²) >= 11 is 0. The van der Waals surface area contributed by atoms with Gasteiger partial charge >= 0.3 is 0 Å². The number of ketones is 1. The minimum absolute atomic E-state index is 0. The Kier molecular flexibility index (Phi) is 6.12. The summed E-state index contributed by atoms with van der Waals surface area (Å²) in [5.41, 5.74) is 6.33. The predicted molar refractivity (Wildman–Crippen MR) is 111 cm³/mol. The van der Waals surface area contributed by atoms with Crippen LogP contribution in [0, 0.1) is 5.92 Å². The second-order valence-corrected chi connectivity index (χ2v) is 9.29. The largest absolute Gasteiger partial charge is 0.349 e. The second-order valence-electron chi connectivity index (χ2n) is 7.40. The summed E-state index contributed by atoms with van der Waals surface area (Å²) in [5.74, 6) is -0.454. The molecule has 3 N–H and O–H groups in total. The smallest absolute Gasteiger partial charge is 0.251 e. The summed E-state index contributed by atoms with van der Waals surface area (Å²) < 4.78 is 26.0. The van der Waals surface area contributed by atoms with Gasteiger partial charge in [0.05, 0.1) is 9.79 Å². The average molecular weight is 435 g/mol. The summed E-state index contributed by atoms with van der Waals surface area (Å²) in [4.78, 5) is 25.3. The molecule has 0 radical (unpaired) electrons. The maximum atomic E-state index is 13.0. The molecule has 8 heteroatoms. The van der Waals surface area contributed by atoms with Crippen LogP contribution in [0.5, 0.6) is 0 Å². The fraction of sp³-hybridized carbons (Fsp3) is 0.333. The van der Waals surface area contributed by atoms with Crippen molar-refractivity contribution in [3.63, 3.8) is 0 Å². The van der Waals surface area contributed by atoms with Crippen LogP contribution in [0.3, 0.4) is 0 Å². The Morgan fingerprint density at radius 1 is 1.03 bits per heavy atom. The van der Waals surface area contributed by atoms with E-state index >= 15 is 0 Å². The first kappa shape index (κ1) is 21.5. The minimum Gasteiger partial charge on any atom is -0.349 e. The lowest BCUT2D eigenvalue weighted by molar-refractivity contribution is 0.0906. The highest BCUT2D eigenvalue weighted by Crippen LogP contribution is 2.35. The van der Waals surface area contributed by atoms with Crippen LogP contribution >= 0.6 is 12.4 Å². The van der Waals surface area contributed by atoms with E-state index in [1.807, 2.05) is 0 Å². The van der Waals surface area contributed by atoms with Crippen LogP contribution in [0.4, 0.5) is 0 Å². The van der Waals surface area contributed by atoms with E-state index in [1.165, 1.54) is 30.3 Å². The van der Waals surface area contributed by atoms with Crippen molar-refractivity contribution in [3.05, 3.63) is 59.2 Å². The molecule has 0 bridgehead atoms. The molecule has 0 aromatic heterocycles. The first-order valence-corrected chi connectivity index (χ1v) is 11.0. The van der Waals surface area contributed by atoms with Gasteiger partial charge in [-0.15, -0.1) is 12.4 Å². The molecule has 6 nitrogen and oxygen atoms in total. The molecule has 154 valence electrons. The first-order valence-electron chi connectivity index (χ1n) is 9.47. The highest BCUT2D eigenvalue weighted by molar-refractivity contribution is 7.91. The number of sulfone groups is 1. The topological polar surface area (TPSA) is 106 Å². The zero-order chi connectivity index (χ0) is 19.9. The molecule has 0 spiro atoms. The number of rotatable bonds is 3. The van der Waals surface area contributed by atoms with Crippen molar-refractivity contribution < 1.29 is 18.0 Å². The van der Waals surface area contributed by atoms with E-state index in [4.69, 9.17) is 5.73 Å². The lowest BCUT2D eigenvalue weighted by Gasteiger charge is -2.31. The number of benzene rings is 2. The van der Waals surface area contributed by atoms with E-state index in [2.05, 4.69) is 5.32 Å². The van der Waals surface area contributed by atoms with Crippen molar-refractivity contribution in [2.75, 3.05) is 6.54 Å². The van der Waals surface area contributed by atoms with E-state index in [0.29, 0.717) is 6.54 Å². The van der Waals surface area contributed by atoms with Crippen molar-refractivity contribution in [1.29, 1.82) is 0 Å². The molecule has 0 saturated heterocycles. The maximum absolute atomic E-state index is 13.0. The second kappa shape index (κ2) is 8.26. The number of fused-ring (bicyclic) bond motifs is 2. The lowest BCUT2D eigenvalue weighted by atomic mass is 9.84. The van der Waals surface area contributed by atoms with Crippen molar-refractivity contribution in [3.8, 4) is 0 Å². The number of nitrogens with two attached hydrogens (primary N) is 1. The van der Waals surface area contributed by atoms with Gasteiger partial charge < -0.3 is 11.1 Å². The van der Waals surface area contributed by atoms with E-state index in [-0.39, 0.29) is 62.5 Å².